The molecular weight excluding hydrogens is 238 g/mol. The molecule has 110 valence electrons. The van der Waals surface area contributed by atoms with Gasteiger partial charge in [0.2, 0.25) is 5.91 Å². The molecule has 2 fully saturated rings. The molecule has 2 aliphatic heterocycles. The van der Waals surface area contributed by atoms with Crippen LogP contribution in [0.3, 0.4) is 0 Å². The number of piperidine rings is 1. The molecule has 2 saturated heterocycles. The van der Waals surface area contributed by atoms with Crippen molar-refractivity contribution in [3.05, 3.63) is 0 Å². The van der Waals surface area contributed by atoms with E-state index in [-0.39, 0.29) is 0 Å². The number of rotatable bonds is 5. The summed E-state index contributed by atoms with van der Waals surface area (Å²) in [6.07, 6.45) is 6.16. The molecule has 1 N–H and O–H groups in total. The molecule has 1 unspecified atom stereocenters. The van der Waals surface area contributed by atoms with E-state index in [4.69, 9.17) is 0 Å². The van der Waals surface area contributed by atoms with Crippen LogP contribution < -0.4 is 5.32 Å². The first-order valence-corrected chi connectivity index (χ1v) is 7.92. The number of hydrogen-bond acceptors (Lipinski definition) is 3. The zero-order chi connectivity index (χ0) is 13.7. The summed E-state index contributed by atoms with van der Waals surface area (Å²) in [5.74, 6) is 0.325. The summed E-state index contributed by atoms with van der Waals surface area (Å²) in [6.45, 7) is 9.06. The summed E-state index contributed by atoms with van der Waals surface area (Å²) in [7, 11) is 0. The molecule has 0 bridgehead atoms. The van der Waals surface area contributed by atoms with Crippen molar-refractivity contribution >= 4 is 5.91 Å². The Morgan fingerprint density at radius 2 is 2.00 bits per heavy atom. The molecule has 0 radical (unpaired) electrons. The predicted octanol–water partition coefficient (Wildman–Crippen LogP) is 1.46. The van der Waals surface area contributed by atoms with Crippen LogP contribution in [0.1, 0.15) is 46.0 Å². The lowest BCUT2D eigenvalue weighted by molar-refractivity contribution is -0.133. The Kier molecular flexibility index (Phi) is 5.64. The van der Waals surface area contributed by atoms with Crippen LogP contribution in [0.25, 0.3) is 0 Å². The SMILES string of the molecule is CC(C)N(CC(=O)N1CCCCC1)CC1CCCN1. The van der Waals surface area contributed by atoms with Crippen molar-refractivity contribution in [1.82, 2.24) is 15.1 Å². The van der Waals surface area contributed by atoms with Crippen LogP contribution in [-0.2, 0) is 4.79 Å². The lowest BCUT2D eigenvalue weighted by atomic mass is 10.1. The van der Waals surface area contributed by atoms with Crippen molar-refractivity contribution in [3.63, 3.8) is 0 Å². The van der Waals surface area contributed by atoms with E-state index in [9.17, 15) is 4.79 Å². The third-order valence-electron chi connectivity index (χ3n) is 4.39. The second-order valence-corrected chi connectivity index (χ2v) is 6.26. The topological polar surface area (TPSA) is 35.6 Å². The quantitative estimate of drug-likeness (QED) is 0.819. The minimum absolute atomic E-state index is 0.325. The van der Waals surface area contributed by atoms with Crippen molar-refractivity contribution in [2.24, 2.45) is 0 Å². The van der Waals surface area contributed by atoms with E-state index in [1.54, 1.807) is 0 Å². The number of likely N-dealkylation sites (tertiary alicyclic amines) is 1. The van der Waals surface area contributed by atoms with Crippen LogP contribution in [0.2, 0.25) is 0 Å². The van der Waals surface area contributed by atoms with Gasteiger partial charge in [0, 0.05) is 31.7 Å². The fourth-order valence-corrected chi connectivity index (χ4v) is 3.07. The molecule has 2 aliphatic rings. The van der Waals surface area contributed by atoms with Crippen LogP contribution in [0.4, 0.5) is 0 Å². The van der Waals surface area contributed by atoms with Gasteiger partial charge in [0.15, 0.2) is 0 Å². The van der Waals surface area contributed by atoms with E-state index in [0.717, 1.165) is 26.2 Å². The fraction of sp³-hybridized carbons (Fsp3) is 0.933. The zero-order valence-corrected chi connectivity index (χ0v) is 12.5. The summed E-state index contributed by atoms with van der Waals surface area (Å²) in [6, 6.07) is 1.02. The molecule has 0 aromatic carbocycles. The van der Waals surface area contributed by atoms with E-state index in [1.807, 2.05) is 0 Å². The van der Waals surface area contributed by atoms with Crippen LogP contribution in [0.15, 0.2) is 0 Å². The van der Waals surface area contributed by atoms with Gasteiger partial charge in [0.05, 0.1) is 6.54 Å². The molecule has 0 aliphatic carbocycles. The third kappa shape index (κ3) is 4.46. The molecule has 0 spiro atoms. The van der Waals surface area contributed by atoms with Gasteiger partial charge < -0.3 is 10.2 Å². The van der Waals surface area contributed by atoms with Gasteiger partial charge in [-0.2, -0.15) is 0 Å². The van der Waals surface area contributed by atoms with Crippen LogP contribution in [0, 0.1) is 0 Å². The largest absolute Gasteiger partial charge is 0.342 e. The van der Waals surface area contributed by atoms with E-state index in [1.165, 1.54) is 32.1 Å². The van der Waals surface area contributed by atoms with Gasteiger partial charge in [-0.1, -0.05) is 0 Å². The Labute approximate surface area is 117 Å². The Morgan fingerprint density at radius 3 is 2.58 bits per heavy atom. The summed E-state index contributed by atoms with van der Waals surface area (Å²) in [5, 5.41) is 3.53. The molecule has 19 heavy (non-hydrogen) atoms. The Morgan fingerprint density at radius 1 is 1.26 bits per heavy atom. The first kappa shape index (κ1) is 14.8. The van der Waals surface area contributed by atoms with E-state index in [0.29, 0.717) is 24.5 Å². The first-order valence-electron chi connectivity index (χ1n) is 7.92. The Hall–Kier alpha value is -0.610. The maximum absolute atomic E-state index is 12.4. The number of carbonyl (C=O) groups excluding carboxylic acids is 1. The molecule has 4 nitrogen and oxygen atoms in total. The maximum Gasteiger partial charge on any atom is 0.236 e. The highest BCUT2D eigenvalue weighted by atomic mass is 16.2. The minimum atomic E-state index is 0.325. The third-order valence-corrected chi connectivity index (χ3v) is 4.39. The highest BCUT2D eigenvalue weighted by Gasteiger charge is 2.24. The van der Waals surface area contributed by atoms with Crippen LogP contribution in [0.5, 0.6) is 0 Å². The van der Waals surface area contributed by atoms with Gasteiger partial charge in [-0.3, -0.25) is 9.69 Å². The number of nitrogens with zero attached hydrogens (tertiary/aromatic N) is 2. The van der Waals surface area contributed by atoms with Gasteiger partial charge in [0.1, 0.15) is 0 Å². The average molecular weight is 267 g/mol. The average Bonchev–Trinajstić information content (AvgIpc) is 2.91. The van der Waals surface area contributed by atoms with E-state index in [2.05, 4.69) is 29.0 Å². The van der Waals surface area contributed by atoms with Crippen LogP contribution in [-0.4, -0.2) is 60.5 Å². The molecule has 2 rings (SSSR count). The maximum atomic E-state index is 12.4. The standard InChI is InChI=1S/C15H29N3O/c1-13(2)18(11-14-7-6-8-16-14)12-15(19)17-9-4-3-5-10-17/h13-14,16H,3-12H2,1-2H3. The van der Waals surface area contributed by atoms with Crippen molar-refractivity contribution in [3.8, 4) is 0 Å². The zero-order valence-electron chi connectivity index (χ0n) is 12.5. The molecule has 2 heterocycles. The van der Waals surface area contributed by atoms with E-state index >= 15 is 0 Å². The molecular formula is C15H29N3O. The highest BCUT2D eigenvalue weighted by Crippen LogP contribution is 2.12. The lowest BCUT2D eigenvalue weighted by Crippen LogP contribution is -2.48. The van der Waals surface area contributed by atoms with E-state index < -0.39 is 0 Å². The second-order valence-electron chi connectivity index (χ2n) is 6.26. The van der Waals surface area contributed by atoms with Crippen molar-refractivity contribution < 1.29 is 4.79 Å². The number of nitrogens with one attached hydrogen (secondary N) is 1. The molecule has 0 aromatic rings. The first-order chi connectivity index (χ1) is 9.16. The van der Waals surface area contributed by atoms with Gasteiger partial charge >= 0.3 is 0 Å². The molecule has 4 heteroatoms. The van der Waals surface area contributed by atoms with Gasteiger partial charge in [-0.15, -0.1) is 0 Å². The number of carbonyl (C=O) groups is 1. The number of hydrogen-bond donors (Lipinski definition) is 1. The Bertz CT molecular complexity index is 281. The monoisotopic (exact) mass is 267 g/mol. The summed E-state index contributed by atoms with van der Waals surface area (Å²) in [5.41, 5.74) is 0. The smallest absolute Gasteiger partial charge is 0.236 e. The lowest BCUT2D eigenvalue weighted by Gasteiger charge is -2.33. The minimum Gasteiger partial charge on any atom is -0.342 e. The number of amides is 1. The van der Waals surface area contributed by atoms with Crippen molar-refractivity contribution in [2.45, 2.75) is 58.0 Å². The molecule has 0 saturated carbocycles. The fourth-order valence-electron chi connectivity index (χ4n) is 3.07. The van der Waals surface area contributed by atoms with Gasteiger partial charge in [-0.25, -0.2) is 0 Å². The Balaban J connectivity index is 1.82. The highest BCUT2D eigenvalue weighted by molar-refractivity contribution is 5.78. The molecule has 1 amide bonds. The van der Waals surface area contributed by atoms with Crippen molar-refractivity contribution in [2.75, 3.05) is 32.7 Å². The molecule has 1 atom stereocenters. The predicted molar refractivity (Wildman–Crippen MR) is 78.2 cm³/mol. The summed E-state index contributed by atoms with van der Waals surface area (Å²) < 4.78 is 0. The summed E-state index contributed by atoms with van der Waals surface area (Å²) >= 11 is 0. The van der Waals surface area contributed by atoms with Crippen molar-refractivity contribution in [1.29, 1.82) is 0 Å². The summed E-state index contributed by atoms with van der Waals surface area (Å²) in [4.78, 5) is 16.7. The second kappa shape index (κ2) is 7.25. The van der Waals surface area contributed by atoms with Gasteiger partial charge in [0.25, 0.3) is 0 Å². The normalized spacial score (nSPS) is 24.4. The molecule has 0 aromatic heterocycles. The van der Waals surface area contributed by atoms with Crippen LogP contribution >= 0.6 is 0 Å². The van der Waals surface area contributed by atoms with Gasteiger partial charge in [-0.05, 0) is 52.5 Å².